The van der Waals surface area contributed by atoms with E-state index >= 15 is 0 Å². The highest BCUT2D eigenvalue weighted by atomic mass is 16.3. The minimum Gasteiger partial charge on any atom is -0.455 e. The third-order valence-corrected chi connectivity index (χ3v) is 7.99. The first-order valence-corrected chi connectivity index (χ1v) is 14.5. The second-order valence-electron chi connectivity index (χ2n) is 10.6. The lowest BCUT2D eigenvalue weighted by Crippen LogP contribution is -2.13. The van der Waals surface area contributed by atoms with Gasteiger partial charge < -0.3 is 14.2 Å². The van der Waals surface area contributed by atoms with Gasteiger partial charge in [-0.15, -0.1) is 0 Å². The lowest BCUT2D eigenvalue weighted by Gasteiger charge is -2.29. The number of rotatable bonds is 6. The van der Waals surface area contributed by atoms with Crippen LogP contribution in [0.1, 0.15) is 0 Å². The van der Waals surface area contributed by atoms with E-state index in [0.717, 1.165) is 61.4 Å². The first kappa shape index (κ1) is 25.0. The summed E-state index contributed by atoms with van der Waals surface area (Å²) in [6.45, 7) is 0. The molecule has 0 aliphatic carbocycles. The van der Waals surface area contributed by atoms with Crippen molar-refractivity contribution in [2.24, 2.45) is 0 Å². The normalized spacial score (nSPS) is 11.3. The Morgan fingerprint density at radius 1 is 0.326 bits per heavy atom. The van der Waals surface area contributed by atoms with Crippen LogP contribution < -0.4 is 9.80 Å². The molecule has 0 amide bonds. The Morgan fingerprint density at radius 2 is 0.837 bits per heavy atom. The van der Waals surface area contributed by atoms with Crippen molar-refractivity contribution in [1.29, 1.82) is 0 Å². The molecule has 0 unspecified atom stereocenters. The van der Waals surface area contributed by atoms with Crippen LogP contribution in [0.4, 0.5) is 34.1 Å². The van der Waals surface area contributed by atoms with Crippen molar-refractivity contribution in [3.8, 4) is 0 Å². The molecule has 1 aromatic heterocycles. The van der Waals surface area contributed by atoms with Gasteiger partial charge >= 0.3 is 0 Å². The second-order valence-corrected chi connectivity index (χ2v) is 10.6. The Balaban J connectivity index is 1.30. The number of hydrogen-bond donors (Lipinski definition) is 0. The van der Waals surface area contributed by atoms with E-state index in [1.807, 2.05) is 0 Å². The third kappa shape index (κ3) is 4.48. The Bertz CT molecular complexity index is 2150. The number of furan rings is 1. The van der Waals surface area contributed by atoms with Crippen molar-refractivity contribution >= 4 is 66.8 Å². The summed E-state index contributed by atoms with van der Waals surface area (Å²) in [6.07, 6.45) is 0. The largest absolute Gasteiger partial charge is 0.455 e. The number of para-hydroxylation sites is 3. The summed E-state index contributed by atoms with van der Waals surface area (Å²) in [5.74, 6) is 0. The number of nitrogens with zero attached hydrogens (tertiary/aromatic N) is 2. The van der Waals surface area contributed by atoms with Gasteiger partial charge in [0.15, 0.2) is 0 Å². The zero-order chi connectivity index (χ0) is 28.6. The lowest BCUT2D eigenvalue weighted by atomic mass is 10.1. The van der Waals surface area contributed by atoms with Gasteiger partial charge in [-0.25, -0.2) is 0 Å². The van der Waals surface area contributed by atoms with Gasteiger partial charge in [-0.05, 0) is 84.2 Å². The SMILES string of the molecule is c1ccc(N(c2ccccc2)c2cccc(N(c3ccccc3)c3ccc4oc5c6ccccc6ccc5c4c3)c2)cc1. The molecule has 3 heteroatoms. The average molecular weight is 553 g/mol. The van der Waals surface area contributed by atoms with Gasteiger partial charge in [-0.3, -0.25) is 0 Å². The average Bonchev–Trinajstić information content (AvgIpc) is 3.45. The van der Waals surface area contributed by atoms with Crippen LogP contribution in [0.15, 0.2) is 174 Å². The molecule has 0 bridgehead atoms. The first-order valence-electron chi connectivity index (χ1n) is 14.5. The van der Waals surface area contributed by atoms with Crippen LogP contribution in [0, 0.1) is 0 Å². The molecule has 43 heavy (non-hydrogen) atoms. The van der Waals surface area contributed by atoms with E-state index in [0.29, 0.717) is 0 Å². The molecule has 0 spiro atoms. The quantitative estimate of drug-likeness (QED) is 0.205. The van der Waals surface area contributed by atoms with Crippen molar-refractivity contribution in [3.05, 3.63) is 170 Å². The molecule has 8 aromatic rings. The van der Waals surface area contributed by atoms with Gasteiger partial charge in [-0.1, -0.05) is 91.0 Å². The molecule has 8 rings (SSSR count). The monoisotopic (exact) mass is 552 g/mol. The summed E-state index contributed by atoms with van der Waals surface area (Å²) in [5, 5.41) is 4.54. The number of anilines is 6. The Kier molecular flexibility index (Phi) is 6.12. The molecule has 204 valence electrons. The van der Waals surface area contributed by atoms with Crippen LogP contribution in [0.3, 0.4) is 0 Å². The second kappa shape index (κ2) is 10.6. The molecule has 7 aromatic carbocycles. The highest BCUT2D eigenvalue weighted by Gasteiger charge is 2.18. The number of hydrogen-bond acceptors (Lipinski definition) is 3. The predicted octanol–water partition coefficient (Wildman–Crippen LogP) is 11.7. The summed E-state index contributed by atoms with van der Waals surface area (Å²) < 4.78 is 6.44. The summed E-state index contributed by atoms with van der Waals surface area (Å²) >= 11 is 0. The van der Waals surface area contributed by atoms with Gasteiger partial charge in [0.2, 0.25) is 0 Å². The molecular formula is C40H28N2O. The van der Waals surface area contributed by atoms with Crippen LogP contribution in [-0.4, -0.2) is 0 Å². The topological polar surface area (TPSA) is 19.6 Å². The van der Waals surface area contributed by atoms with E-state index in [9.17, 15) is 0 Å². The van der Waals surface area contributed by atoms with E-state index in [4.69, 9.17) is 4.42 Å². The fourth-order valence-corrected chi connectivity index (χ4v) is 6.03. The van der Waals surface area contributed by atoms with E-state index in [1.165, 1.54) is 5.39 Å². The van der Waals surface area contributed by atoms with Crippen LogP contribution in [0.5, 0.6) is 0 Å². The molecule has 0 aliphatic rings. The maximum absolute atomic E-state index is 6.44. The van der Waals surface area contributed by atoms with Gasteiger partial charge in [-0.2, -0.15) is 0 Å². The maximum atomic E-state index is 6.44. The molecule has 0 aliphatic heterocycles. The van der Waals surface area contributed by atoms with Gasteiger partial charge in [0.1, 0.15) is 11.2 Å². The lowest BCUT2D eigenvalue weighted by molar-refractivity contribution is 0.672. The van der Waals surface area contributed by atoms with E-state index in [-0.39, 0.29) is 0 Å². The summed E-state index contributed by atoms with van der Waals surface area (Å²) in [7, 11) is 0. The van der Waals surface area contributed by atoms with Crippen molar-refractivity contribution < 1.29 is 4.42 Å². The van der Waals surface area contributed by atoms with Crippen LogP contribution in [0.25, 0.3) is 32.7 Å². The molecule has 3 nitrogen and oxygen atoms in total. The molecule has 0 atom stereocenters. The predicted molar refractivity (Wildman–Crippen MR) is 181 cm³/mol. The molecule has 0 radical (unpaired) electrons. The highest BCUT2D eigenvalue weighted by molar-refractivity contribution is 6.15. The van der Waals surface area contributed by atoms with Crippen molar-refractivity contribution in [1.82, 2.24) is 0 Å². The Labute approximate surface area is 250 Å². The maximum Gasteiger partial charge on any atom is 0.143 e. The molecule has 0 saturated carbocycles. The van der Waals surface area contributed by atoms with Gasteiger partial charge in [0, 0.05) is 50.3 Å². The molecule has 0 fully saturated rings. The Hall–Kier alpha value is -5.80. The van der Waals surface area contributed by atoms with Crippen molar-refractivity contribution in [3.63, 3.8) is 0 Å². The Morgan fingerprint density at radius 3 is 1.47 bits per heavy atom. The smallest absolute Gasteiger partial charge is 0.143 e. The number of fused-ring (bicyclic) bond motifs is 5. The summed E-state index contributed by atoms with van der Waals surface area (Å²) in [5.41, 5.74) is 8.33. The molecule has 0 saturated heterocycles. The van der Waals surface area contributed by atoms with E-state index in [1.54, 1.807) is 0 Å². The van der Waals surface area contributed by atoms with Crippen LogP contribution in [0.2, 0.25) is 0 Å². The standard InChI is InChI=1S/C40H28N2O/c1-4-14-30(15-5-1)41(31-16-6-2-7-17-31)33-20-12-21-34(27-33)42(32-18-8-3-9-19-32)35-24-26-39-38(28-35)37-25-23-29-13-10-11-22-36(29)40(37)43-39/h1-28H. The number of benzene rings is 7. The van der Waals surface area contributed by atoms with Crippen LogP contribution in [-0.2, 0) is 0 Å². The highest BCUT2D eigenvalue weighted by Crippen LogP contribution is 2.42. The van der Waals surface area contributed by atoms with Crippen LogP contribution >= 0.6 is 0 Å². The fraction of sp³-hybridized carbons (Fsp3) is 0. The minimum atomic E-state index is 0.885. The van der Waals surface area contributed by atoms with Crippen molar-refractivity contribution in [2.45, 2.75) is 0 Å². The fourth-order valence-electron chi connectivity index (χ4n) is 6.03. The molecule has 0 N–H and O–H groups in total. The summed E-state index contributed by atoms with van der Waals surface area (Å²) in [4.78, 5) is 4.61. The van der Waals surface area contributed by atoms with Gasteiger partial charge in [0.05, 0.1) is 0 Å². The zero-order valence-corrected chi connectivity index (χ0v) is 23.5. The minimum absolute atomic E-state index is 0.885. The van der Waals surface area contributed by atoms with E-state index < -0.39 is 0 Å². The summed E-state index contributed by atoms with van der Waals surface area (Å²) in [6, 6.07) is 59.6. The molecular weight excluding hydrogens is 524 g/mol. The molecule has 1 heterocycles. The third-order valence-electron chi connectivity index (χ3n) is 7.99. The zero-order valence-electron chi connectivity index (χ0n) is 23.5. The van der Waals surface area contributed by atoms with Crippen molar-refractivity contribution in [2.75, 3.05) is 9.80 Å². The van der Waals surface area contributed by atoms with E-state index in [2.05, 4.69) is 180 Å². The first-order chi connectivity index (χ1) is 21.3. The van der Waals surface area contributed by atoms with Gasteiger partial charge in [0.25, 0.3) is 0 Å².